The van der Waals surface area contributed by atoms with Gasteiger partial charge in [-0.2, -0.15) is 0 Å². The van der Waals surface area contributed by atoms with Gasteiger partial charge in [0.2, 0.25) is 0 Å². The predicted molar refractivity (Wildman–Crippen MR) is 98.5 cm³/mol. The van der Waals surface area contributed by atoms with Gasteiger partial charge in [-0.15, -0.1) is 0 Å². The molecule has 1 aliphatic carbocycles. The normalized spacial score (nSPS) is 31.0. The van der Waals surface area contributed by atoms with Crippen LogP contribution in [0.1, 0.15) is 24.5 Å². The quantitative estimate of drug-likeness (QED) is 0.859. The van der Waals surface area contributed by atoms with Crippen LogP contribution in [0.3, 0.4) is 0 Å². The first-order valence-corrected chi connectivity index (χ1v) is 8.92. The molecule has 2 aromatic carbocycles. The minimum absolute atomic E-state index is 0.144. The number of ether oxygens (including phenoxy) is 4. The van der Waals surface area contributed by atoms with E-state index in [1.54, 1.807) is 26.4 Å². The Hall–Kier alpha value is -2.44. The molecule has 0 aromatic heterocycles. The summed E-state index contributed by atoms with van der Waals surface area (Å²) in [5.41, 5.74) is -1.56. The van der Waals surface area contributed by atoms with E-state index in [1.165, 1.54) is 7.11 Å². The van der Waals surface area contributed by atoms with Crippen molar-refractivity contribution < 1.29 is 29.2 Å². The van der Waals surface area contributed by atoms with Gasteiger partial charge in [0.05, 0.1) is 33.0 Å². The number of aliphatic hydroxyl groups is 2. The van der Waals surface area contributed by atoms with Crippen LogP contribution in [0.15, 0.2) is 36.4 Å². The van der Waals surface area contributed by atoms with Gasteiger partial charge in [-0.05, 0) is 24.1 Å². The molecule has 1 aliphatic heterocycles. The third-order valence-electron chi connectivity index (χ3n) is 5.99. The zero-order valence-corrected chi connectivity index (χ0v) is 15.9. The minimum atomic E-state index is -1.64. The van der Waals surface area contributed by atoms with Gasteiger partial charge in [-0.3, -0.25) is 0 Å². The fraction of sp³-hybridized carbons (Fsp3) is 0.429. The highest BCUT2D eigenvalue weighted by molar-refractivity contribution is 5.61. The maximum atomic E-state index is 11.9. The topological polar surface area (TPSA) is 77.4 Å². The first-order valence-electron chi connectivity index (χ1n) is 8.92. The molecule has 4 rings (SSSR count). The molecule has 6 heteroatoms. The van der Waals surface area contributed by atoms with E-state index < -0.39 is 17.3 Å². The molecule has 2 aromatic rings. The Kier molecular flexibility index (Phi) is 4.01. The maximum absolute atomic E-state index is 11.9. The van der Waals surface area contributed by atoms with Crippen molar-refractivity contribution in [3.8, 4) is 23.0 Å². The molecule has 0 spiro atoms. The molecule has 2 N–H and O–H groups in total. The van der Waals surface area contributed by atoms with Crippen LogP contribution < -0.4 is 18.9 Å². The Labute approximate surface area is 158 Å². The van der Waals surface area contributed by atoms with E-state index in [1.807, 2.05) is 31.2 Å². The molecule has 6 nitrogen and oxygen atoms in total. The molecule has 0 bridgehead atoms. The summed E-state index contributed by atoms with van der Waals surface area (Å²) in [5.74, 6) is 2.00. The second kappa shape index (κ2) is 6.04. The predicted octanol–water partition coefficient (Wildman–Crippen LogP) is 2.59. The standard InChI is InChI=1S/C21H24O6/c1-12-9-18(22)20(23)19-16(26-4)10-15(25-3)11-17(19)27-21(12,20)13-5-7-14(24-2)8-6-13/h5-8,10-12,18,22-23H,9H2,1-4H3. The second-order valence-electron chi connectivity index (χ2n) is 7.19. The first-order chi connectivity index (χ1) is 12.9. The van der Waals surface area contributed by atoms with Gasteiger partial charge in [-0.1, -0.05) is 19.1 Å². The summed E-state index contributed by atoms with van der Waals surface area (Å²) in [6.45, 7) is 1.97. The zero-order valence-electron chi connectivity index (χ0n) is 15.9. The number of hydrogen-bond donors (Lipinski definition) is 2. The monoisotopic (exact) mass is 372 g/mol. The molecule has 4 unspecified atom stereocenters. The fourth-order valence-electron chi connectivity index (χ4n) is 4.70. The van der Waals surface area contributed by atoms with Crippen molar-refractivity contribution in [3.05, 3.63) is 47.5 Å². The molecule has 144 valence electrons. The van der Waals surface area contributed by atoms with Crippen molar-refractivity contribution in [3.63, 3.8) is 0 Å². The van der Waals surface area contributed by atoms with Gasteiger partial charge in [-0.25, -0.2) is 0 Å². The van der Waals surface area contributed by atoms with Crippen molar-refractivity contribution in [2.75, 3.05) is 21.3 Å². The van der Waals surface area contributed by atoms with Gasteiger partial charge in [0.1, 0.15) is 23.0 Å². The summed E-state index contributed by atoms with van der Waals surface area (Å²) in [6.07, 6.45) is -0.602. The first kappa shape index (κ1) is 17.9. The molecule has 0 saturated heterocycles. The van der Waals surface area contributed by atoms with Crippen LogP contribution in [0.25, 0.3) is 0 Å². The number of benzene rings is 2. The Morgan fingerprint density at radius 2 is 1.67 bits per heavy atom. The lowest BCUT2D eigenvalue weighted by molar-refractivity contribution is -0.155. The minimum Gasteiger partial charge on any atom is -0.497 e. The lowest BCUT2D eigenvalue weighted by atomic mass is 9.73. The Balaban J connectivity index is 1.97. The number of rotatable bonds is 4. The van der Waals surface area contributed by atoms with E-state index >= 15 is 0 Å². The van der Waals surface area contributed by atoms with Crippen LogP contribution in [-0.2, 0) is 11.2 Å². The summed E-state index contributed by atoms with van der Waals surface area (Å²) >= 11 is 0. The molecular weight excluding hydrogens is 348 g/mol. The molecule has 0 radical (unpaired) electrons. The van der Waals surface area contributed by atoms with E-state index in [0.29, 0.717) is 35.0 Å². The number of hydrogen-bond acceptors (Lipinski definition) is 6. The van der Waals surface area contributed by atoms with Gasteiger partial charge in [0, 0.05) is 18.1 Å². The third kappa shape index (κ3) is 2.14. The Morgan fingerprint density at radius 1 is 1.00 bits per heavy atom. The molecule has 2 aliphatic rings. The molecule has 27 heavy (non-hydrogen) atoms. The average molecular weight is 372 g/mol. The lowest BCUT2D eigenvalue weighted by Gasteiger charge is -2.39. The highest BCUT2D eigenvalue weighted by Crippen LogP contribution is 2.66. The average Bonchev–Trinajstić information content (AvgIpc) is 3.07. The molecular formula is C21H24O6. The number of aliphatic hydroxyl groups excluding tert-OH is 1. The Morgan fingerprint density at radius 3 is 2.26 bits per heavy atom. The van der Waals surface area contributed by atoms with Crippen molar-refractivity contribution in [2.45, 2.75) is 30.7 Å². The molecule has 1 heterocycles. The van der Waals surface area contributed by atoms with Crippen LogP contribution in [0.2, 0.25) is 0 Å². The third-order valence-corrected chi connectivity index (χ3v) is 5.99. The summed E-state index contributed by atoms with van der Waals surface area (Å²) < 4.78 is 22.6. The van der Waals surface area contributed by atoms with Gasteiger partial charge < -0.3 is 29.2 Å². The van der Waals surface area contributed by atoms with E-state index in [2.05, 4.69) is 0 Å². The lowest BCUT2D eigenvalue weighted by Crippen LogP contribution is -2.52. The van der Waals surface area contributed by atoms with Crippen LogP contribution in [0.5, 0.6) is 23.0 Å². The molecule has 4 atom stereocenters. The van der Waals surface area contributed by atoms with Crippen molar-refractivity contribution in [1.29, 1.82) is 0 Å². The molecule has 1 saturated carbocycles. The Bertz CT molecular complexity index is 864. The van der Waals surface area contributed by atoms with E-state index in [9.17, 15) is 10.2 Å². The van der Waals surface area contributed by atoms with Crippen molar-refractivity contribution in [2.24, 2.45) is 5.92 Å². The van der Waals surface area contributed by atoms with E-state index in [0.717, 1.165) is 5.56 Å². The largest absolute Gasteiger partial charge is 0.497 e. The van der Waals surface area contributed by atoms with E-state index in [4.69, 9.17) is 18.9 Å². The van der Waals surface area contributed by atoms with Crippen LogP contribution >= 0.6 is 0 Å². The van der Waals surface area contributed by atoms with Crippen LogP contribution in [0.4, 0.5) is 0 Å². The summed E-state index contributed by atoms with van der Waals surface area (Å²) in [5, 5.41) is 22.8. The second-order valence-corrected chi connectivity index (χ2v) is 7.19. The zero-order chi connectivity index (χ0) is 19.4. The summed E-state index contributed by atoms with van der Waals surface area (Å²) in [7, 11) is 4.68. The molecule has 0 amide bonds. The van der Waals surface area contributed by atoms with Gasteiger partial charge in [0.15, 0.2) is 11.2 Å². The number of fused-ring (bicyclic) bond motifs is 3. The highest BCUT2D eigenvalue weighted by Gasteiger charge is 2.72. The SMILES string of the molecule is COc1ccc(C23Oc4cc(OC)cc(OC)c4C2(O)C(O)CC3C)cc1. The summed E-state index contributed by atoms with van der Waals surface area (Å²) in [4.78, 5) is 0. The van der Waals surface area contributed by atoms with Crippen LogP contribution in [0, 0.1) is 5.92 Å². The number of methoxy groups -OCH3 is 3. The van der Waals surface area contributed by atoms with Crippen molar-refractivity contribution in [1.82, 2.24) is 0 Å². The summed E-state index contributed by atoms with van der Waals surface area (Å²) in [6, 6.07) is 10.8. The van der Waals surface area contributed by atoms with Gasteiger partial charge >= 0.3 is 0 Å². The van der Waals surface area contributed by atoms with Gasteiger partial charge in [0.25, 0.3) is 0 Å². The van der Waals surface area contributed by atoms with E-state index in [-0.39, 0.29) is 5.92 Å². The van der Waals surface area contributed by atoms with Crippen molar-refractivity contribution >= 4 is 0 Å². The molecule has 1 fully saturated rings. The highest BCUT2D eigenvalue weighted by atomic mass is 16.5. The smallest absolute Gasteiger partial charge is 0.172 e. The maximum Gasteiger partial charge on any atom is 0.172 e. The van der Waals surface area contributed by atoms with Crippen LogP contribution in [-0.4, -0.2) is 37.6 Å². The fourth-order valence-corrected chi connectivity index (χ4v) is 4.70.